The molecule has 154 valence electrons. The molecule has 2 nitrogen and oxygen atoms in total. The van der Waals surface area contributed by atoms with Crippen molar-refractivity contribution in [2.45, 2.75) is 78.6 Å². The van der Waals surface area contributed by atoms with Crippen LogP contribution in [0.5, 0.6) is 0 Å². The van der Waals surface area contributed by atoms with Crippen molar-refractivity contribution in [3.8, 4) is 0 Å². The number of nitrogens with one attached hydrogen (secondary N) is 1. The minimum Gasteiger partial charge on any atom is -0.462 e. The monoisotopic (exact) mass is 389 g/mol. The smallest absolute Gasteiger partial charge is 0.136 e. The minimum absolute atomic E-state index is 0.165. The van der Waals surface area contributed by atoms with Crippen LogP contribution in [0.25, 0.3) is 11.0 Å². The van der Waals surface area contributed by atoms with Crippen molar-refractivity contribution in [3.05, 3.63) is 59.4 Å². The highest BCUT2D eigenvalue weighted by molar-refractivity contribution is 5.93. The summed E-state index contributed by atoms with van der Waals surface area (Å²) in [4.78, 5) is 0. The molecule has 1 heterocycles. The SMILES string of the molecule is CC1(C)CCC(C)(C)c2cc3occ(Nc4ccc(C(C)(C)C)cc4)c3cc2C1. The summed E-state index contributed by atoms with van der Waals surface area (Å²) in [6.07, 6.45) is 5.44. The van der Waals surface area contributed by atoms with Gasteiger partial charge in [0.1, 0.15) is 11.8 Å². The number of hydrogen-bond donors (Lipinski definition) is 1. The van der Waals surface area contributed by atoms with Crippen molar-refractivity contribution >= 4 is 22.3 Å². The molecule has 1 N–H and O–H groups in total. The number of rotatable bonds is 2. The molecule has 2 aromatic carbocycles. The van der Waals surface area contributed by atoms with Gasteiger partial charge in [-0.25, -0.2) is 0 Å². The van der Waals surface area contributed by atoms with Crippen molar-refractivity contribution < 1.29 is 4.42 Å². The van der Waals surface area contributed by atoms with Crippen molar-refractivity contribution in [2.75, 3.05) is 5.32 Å². The van der Waals surface area contributed by atoms with Gasteiger partial charge in [-0.15, -0.1) is 0 Å². The lowest BCUT2D eigenvalue weighted by molar-refractivity contribution is 0.304. The normalized spacial score (nSPS) is 18.3. The zero-order valence-corrected chi connectivity index (χ0v) is 19.1. The molecule has 0 spiro atoms. The predicted molar refractivity (Wildman–Crippen MR) is 124 cm³/mol. The van der Waals surface area contributed by atoms with Crippen LogP contribution in [0.4, 0.5) is 11.4 Å². The first-order valence-electron chi connectivity index (χ1n) is 10.9. The van der Waals surface area contributed by atoms with E-state index in [1.54, 1.807) is 0 Å². The van der Waals surface area contributed by atoms with E-state index in [-0.39, 0.29) is 10.8 Å². The molecule has 0 aliphatic heterocycles. The van der Waals surface area contributed by atoms with E-state index in [0.29, 0.717) is 5.41 Å². The lowest BCUT2D eigenvalue weighted by atomic mass is 9.79. The van der Waals surface area contributed by atoms with Gasteiger partial charge in [0.25, 0.3) is 0 Å². The topological polar surface area (TPSA) is 25.2 Å². The zero-order valence-electron chi connectivity index (χ0n) is 19.1. The Labute approximate surface area is 175 Å². The molecule has 0 unspecified atom stereocenters. The van der Waals surface area contributed by atoms with Crippen LogP contribution < -0.4 is 5.32 Å². The van der Waals surface area contributed by atoms with E-state index in [2.05, 4.69) is 90.2 Å². The van der Waals surface area contributed by atoms with Gasteiger partial charge in [-0.3, -0.25) is 0 Å². The molecule has 0 saturated heterocycles. The lowest BCUT2D eigenvalue weighted by Crippen LogP contribution is -2.18. The maximum absolute atomic E-state index is 5.99. The van der Waals surface area contributed by atoms with Crippen LogP contribution in [0.2, 0.25) is 0 Å². The first-order chi connectivity index (χ1) is 13.4. The van der Waals surface area contributed by atoms with Gasteiger partial charge in [0.2, 0.25) is 0 Å². The van der Waals surface area contributed by atoms with E-state index in [1.807, 2.05) is 6.26 Å². The number of hydrogen-bond acceptors (Lipinski definition) is 2. The Morgan fingerprint density at radius 2 is 1.62 bits per heavy atom. The molecule has 0 atom stereocenters. The summed E-state index contributed by atoms with van der Waals surface area (Å²) in [5.74, 6) is 0. The van der Waals surface area contributed by atoms with Crippen molar-refractivity contribution in [1.29, 1.82) is 0 Å². The van der Waals surface area contributed by atoms with E-state index < -0.39 is 0 Å². The van der Waals surface area contributed by atoms with Gasteiger partial charge in [-0.1, -0.05) is 60.6 Å². The molecule has 0 bridgehead atoms. The first kappa shape index (κ1) is 20.1. The van der Waals surface area contributed by atoms with Crippen molar-refractivity contribution in [3.63, 3.8) is 0 Å². The van der Waals surface area contributed by atoms with Crippen LogP contribution in [0.1, 0.15) is 78.0 Å². The van der Waals surface area contributed by atoms with Gasteiger partial charge in [0.15, 0.2) is 0 Å². The van der Waals surface area contributed by atoms with Gasteiger partial charge >= 0.3 is 0 Å². The number of furan rings is 1. The molecule has 0 radical (unpaired) electrons. The molecule has 1 aliphatic carbocycles. The molecule has 29 heavy (non-hydrogen) atoms. The molecule has 2 heteroatoms. The quantitative estimate of drug-likeness (QED) is 0.448. The Hall–Kier alpha value is -2.22. The van der Waals surface area contributed by atoms with Gasteiger partial charge in [0, 0.05) is 11.1 Å². The summed E-state index contributed by atoms with van der Waals surface area (Å²) in [6, 6.07) is 13.4. The summed E-state index contributed by atoms with van der Waals surface area (Å²) in [7, 11) is 0. The molecular weight excluding hydrogens is 354 g/mol. The van der Waals surface area contributed by atoms with E-state index in [4.69, 9.17) is 4.42 Å². The van der Waals surface area contributed by atoms with Gasteiger partial charge < -0.3 is 9.73 Å². The Morgan fingerprint density at radius 1 is 0.931 bits per heavy atom. The van der Waals surface area contributed by atoms with Crippen LogP contribution in [-0.2, 0) is 17.3 Å². The highest BCUT2D eigenvalue weighted by Gasteiger charge is 2.33. The van der Waals surface area contributed by atoms with E-state index in [1.165, 1.54) is 34.9 Å². The highest BCUT2D eigenvalue weighted by Crippen LogP contribution is 2.44. The molecule has 3 aromatic rings. The molecule has 1 aliphatic rings. The maximum atomic E-state index is 5.99. The van der Waals surface area contributed by atoms with E-state index in [0.717, 1.165) is 23.4 Å². The second-order valence-electron chi connectivity index (χ2n) is 11.3. The van der Waals surface area contributed by atoms with E-state index in [9.17, 15) is 0 Å². The zero-order chi connectivity index (χ0) is 21.0. The Balaban J connectivity index is 1.72. The second-order valence-corrected chi connectivity index (χ2v) is 11.3. The molecular formula is C27H35NO. The standard InChI is InChI=1S/C27H35NO/c1-25(2,3)19-8-10-20(11-9-19)28-23-17-29-24-15-22-18(14-21(23)24)16-26(4,5)12-13-27(22,6)7/h8-11,14-15,17,28H,12-13,16H2,1-7H3. The van der Waals surface area contributed by atoms with Crippen LogP contribution in [0, 0.1) is 5.41 Å². The fourth-order valence-corrected chi connectivity index (χ4v) is 4.59. The molecule has 0 amide bonds. The number of anilines is 2. The average molecular weight is 390 g/mol. The maximum Gasteiger partial charge on any atom is 0.136 e. The third-order valence-corrected chi connectivity index (χ3v) is 6.65. The summed E-state index contributed by atoms with van der Waals surface area (Å²) in [5.41, 5.74) is 8.06. The molecule has 0 fully saturated rings. The van der Waals surface area contributed by atoms with Crippen LogP contribution >= 0.6 is 0 Å². The first-order valence-corrected chi connectivity index (χ1v) is 10.9. The minimum atomic E-state index is 0.165. The van der Waals surface area contributed by atoms with Gasteiger partial charge in [-0.05, 0) is 76.5 Å². The largest absolute Gasteiger partial charge is 0.462 e. The van der Waals surface area contributed by atoms with Crippen molar-refractivity contribution in [1.82, 2.24) is 0 Å². The van der Waals surface area contributed by atoms with Crippen LogP contribution in [0.3, 0.4) is 0 Å². The third kappa shape index (κ3) is 3.95. The van der Waals surface area contributed by atoms with E-state index >= 15 is 0 Å². The van der Waals surface area contributed by atoms with Gasteiger partial charge in [0.05, 0.1) is 5.69 Å². The number of fused-ring (bicyclic) bond motifs is 2. The fourth-order valence-electron chi connectivity index (χ4n) is 4.59. The van der Waals surface area contributed by atoms with Crippen molar-refractivity contribution in [2.24, 2.45) is 5.41 Å². The second kappa shape index (κ2) is 6.65. The third-order valence-electron chi connectivity index (χ3n) is 6.65. The number of benzene rings is 2. The molecule has 1 aromatic heterocycles. The average Bonchev–Trinajstić information content (AvgIpc) is 2.97. The Bertz CT molecular complexity index is 1030. The fraction of sp³-hybridized carbons (Fsp3) is 0.481. The summed E-state index contributed by atoms with van der Waals surface area (Å²) < 4.78 is 5.99. The molecule has 0 saturated carbocycles. The predicted octanol–water partition coefficient (Wildman–Crippen LogP) is 8.11. The van der Waals surface area contributed by atoms with Crippen LogP contribution in [-0.4, -0.2) is 0 Å². The van der Waals surface area contributed by atoms with Gasteiger partial charge in [-0.2, -0.15) is 0 Å². The lowest BCUT2D eigenvalue weighted by Gasteiger charge is -2.26. The van der Waals surface area contributed by atoms with Crippen LogP contribution in [0.15, 0.2) is 47.1 Å². The highest BCUT2D eigenvalue weighted by atomic mass is 16.3. The Kier molecular flexibility index (Phi) is 4.60. The summed E-state index contributed by atoms with van der Waals surface area (Å²) in [5, 5.41) is 4.75. The summed E-state index contributed by atoms with van der Waals surface area (Å²) >= 11 is 0. The Morgan fingerprint density at radius 3 is 2.28 bits per heavy atom. The molecule has 4 rings (SSSR count). The summed E-state index contributed by atoms with van der Waals surface area (Å²) in [6.45, 7) is 16.3.